The third kappa shape index (κ3) is 4.40. The zero-order chi connectivity index (χ0) is 23.4. The van der Waals surface area contributed by atoms with Gasteiger partial charge in [-0.05, 0) is 43.9 Å². The molecule has 1 amide bonds. The Balaban J connectivity index is 2.17. The van der Waals surface area contributed by atoms with Crippen LogP contribution in [0.4, 0.5) is 0 Å². The highest BCUT2D eigenvalue weighted by molar-refractivity contribution is 6.46. The summed E-state index contributed by atoms with van der Waals surface area (Å²) in [7, 11) is 8.33. The highest BCUT2D eigenvalue weighted by atomic mass is 16.5. The number of carbonyl (C=O) groups excluding carboxylic acids is 2. The van der Waals surface area contributed by atoms with E-state index in [1.54, 1.807) is 49.6 Å². The minimum Gasteiger partial charge on any atom is -0.507 e. The number of methoxy groups -OCH3 is 3. The first-order valence-electron chi connectivity index (χ1n) is 10.1. The largest absolute Gasteiger partial charge is 0.507 e. The van der Waals surface area contributed by atoms with E-state index in [0.717, 1.165) is 0 Å². The Kier molecular flexibility index (Phi) is 7.05. The van der Waals surface area contributed by atoms with Crippen molar-refractivity contribution in [3.8, 4) is 17.2 Å². The van der Waals surface area contributed by atoms with E-state index in [-0.39, 0.29) is 11.3 Å². The number of hydrogen-bond donors (Lipinski definition) is 1. The van der Waals surface area contributed by atoms with E-state index in [1.165, 1.54) is 19.1 Å². The second-order valence-corrected chi connectivity index (χ2v) is 7.64. The third-order valence-corrected chi connectivity index (χ3v) is 5.42. The number of nitrogens with zero attached hydrogens (tertiary/aromatic N) is 2. The number of benzene rings is 2. The highest BCUT2D eigenvalue weighted by Crippen LogP contribution is 2.41. The molecule has 2 aromatic carbocycles. The van der Waals surface area contributed by atoms with Crippen molar-refractivity contribution in [2.75, 3.05) is 48.5 Å². The molecule has 1 saturated heterocycles. The molecule has 170 valence electrons. The third-order valence-electron chi connectivity index (χ3n) is 5.42. The SMILES string of the molecule is COc1ccc(C2/C(=C(\O)c3ccc(OC)cc3OC)C(=O)C(=O)N2CCN(C)C)cc1. The number of likely N-dealkylation sites (N-methyl/N-ethyl adjacent to an activating group) is 1. The van der Waals surface area contributed by atoms with Crippen LogP contribution in [0.5, 0.6) is 17.2 Å². The number of carbonyl (C=O) groups is 2. The van der Waals surface area contributed by atoms with Gasteiger partial charge < -0.3 is 29.1 Å². The smallest absolute Gasteiger partial charge is 0.295 e. The lowest BCUT2D eigenvalue weighted by atomic mass is 9.95. The zero-order valence-electron chi connectivity index (χ0n) is 18.9. The molecule has 0 spiro atoms. The molecule has 0 saturated carbocycles. The summed E-state index contributed by atoms with van der Waals surface area (Å²) in [6, 6.07) is 11.2. The van der Waals surface area contributed by atoms with Crippen molar-refractivity contribution in [1.29, 1.82) is 0 Å². The summed E-state index contributed by atoms with van der Waals surface area (Å²) in [4.78, 5) is 29.5. The molecule has 1 aliphatic heterocycles. The summed E-state index contributed by atoms with van der Waals surface area (Å²) in [6.07, 6.45) is 0. The first-order valence-corrected chi connectivity index (χ1v) is 10.1. The maximum atomic E-state index is 13.1. The molecule has 32 heavy (non-hydrogen) atoms. The Hall–Kier alpha value is -3.52. The zero-order valence-corrected chi connectivity index (χ0v) is 18.9. The second kappa shape index (κ2) is 9.74. The predicted octanol–water partition coefficient (Wildman–Crippen LogP) is 2.70. The number of ether oxygens (including phenoxy) is 3. The van der Waals surface area contributed by atoms with Crippen LogP contribution in [0.15, 0.2) is 48.0 Å². The highest BCUT2D eigenvalue weighted by Gasteiger charge is 2.46. The van der Waals surface area contributed by atoms with Crippen molar-refractivity contribution in [2.45, 2.75) is 6.04 Å². The summed E-state index contributed by atoms with van der Waals surface area (Å²) in [5.74, 6) is -0.167. The van der Waals surface area contributed by atoms with Crippen molar-refractivity contribution in [3.05, 3.63) is 59.2 Å². The summed E-state index contributed by atoms with van der Waals surface area (Å²) >= 11 is 0. The topological polar surface area (TPSA) is 88.5 Å². The Morgan fingerprint density at radius 1 is 0.969 bits per heavy atom. The van der Waals surface area contributed by atoms with Crippen LogP contribution >= 0.6 is 0 Å². The van der Waals surface area contributed by atoms with Gasteiger partial charge in [0.15, 0.2) is 0 Å². The maximum Gasteiger partial charge on any atom is 0.295 e. The number of amides is 1. The lowest BCUT2D eigenvalue weighted by Gasteiger charge is -2.26. The summed E-state index contributed by atoms with van der Waals surface area (Å²) in [6.45, 7) is 0.885. The van der Waals surface area contributed by atoms with Gasteiger partial charge in [0.2, 0.25) is 0 Å². The Morgan fingerprint density at radius 2 is 1.59 bits per heavy atom. The molecule has 1 N–H and O–H groups in total. The number of ketones is 1. The Bertz CT molecular complexity index is 1030. The van der Waals surface area contributed by atoms with Gasteiger partial charge in [-0.25, -0.2) is 0 Å². The van der Waals surface area contributed by atoms with E-state index in [2.05, 4.69) is 0 Å². The molecule has 3 rings (SSSR count). The Morgan fingerprint density at radius 3 is 2.16 bits per heavy atom. The average Bonchev–Trinajstić information content (AvgIpc) is 3.06. The summed E-state index contributed by atoms with van der Waals surface area (Å²) in [5, 5.41) is 11.2. The van der Waals surface area contributed by atoms with E-state index in [1.807, 2.05) is 19.0 Å². The van der Waals surface area contributed by atoms with E-state index in [0.29, 0.717) is 41.5 Å². The molecule has 1 heterocycles. The average molecular weight is 440 g/mol. The van der Waals surface area contributed by atoms with Gasteiger partial charge >= 0.3 is 0 Å². The van der Waals surface area contributed by atoms with Crippen molar-refractivity contribution in [1.82, 2.24) is 9.80 Å². The van der Waals surface area contributed by atoms with Crippen molar-refractivity contribution >= 4 is 17.4 Å². The van der Waals surface area contributed by atoms with Gasteiger partial charge in [0.1, 0.15) is 23.0 Å². The molecule has 0 aliphatic carbocycles. The van der Waals surface area contributed by atoms with Crippen LogP contribution in [0, 0.1) is 0 Å². The minimum atomic E-state index is -0.743. The van der Waals surface area contributed by atoms with Crippen LogP contribution in [-0.4, -0.2) is 75.1 Å². The quantitative estimate of drug-likeness (QED) is 0.384. The van der Waals surface area contributed by atoms with E-state index >= 15 is 0 Å². The molecular weight excluding hydrogens is 412 g/mol. The second-order valence-electron chi connectivity index (χ2n) is 7.64. The fourth-order valence-electron chi connectivity index (χ4n) is 3.69. The number of aliphatic hydroxyl groups excluding tert-OH is 1. The maximum absolute atomic E-state index is 13.1. The molecule has 0 radical (unpaired) electrons. The van der Waals surface area contributed by atoms with Gasteiger partial charge in [0.05, 0.1) is 38.5 Å². The summed E-state index contributed by atoms with van der Waals surface area (Å²) in [5.41, 5.74) is 1.01. The lowest BCUT2D eigenvalue weighted by Crippen LogP contribution is -2.35. The van der Waals surface area contributed by atoms with Gasteiger partial charge in [-0.15, -0.1) is 0 Å². The molecule has 1 fully saturated rings. The van der Waals surface area contributed by atoms with E-state index in [9.17, 15) is 14.7 Å². The molecular formula is C24H28N2O6. The van der Waals surface area contributed by atoms with Gasteiger partial charge in [-0.3, -0.25) is 9.59 Å². The molecule has 8 nitrogen and oxygen atoms in total. The number of Topliss-reactive ketones (excluding diaryl/α,β-unsaturated/α-hetero) is 1. The predicted molar refractivity (Wildman–Crippen MR) is 120 cm³/mol. The number of aliphatic hydroxyl groups is 1. The minimum absolute atomic E-state index is 0.0161. The van der Waals surface area contributed by atoms with Crippen molar-refractivity contribution < 1.29 is 28.9 Å². The van der Waals surface area contributed by atoms with Crippen LogP contribution in [-0.2, 0) is 9.59 Å². The molecule has 0 bridgehead atoms. The standard InChI is InChI=1S/C24H28N2O6/c1-25(2)12-13-26-21(15-6-8-16(30-3)9-7-15)20(23(28)24(26)29)22(27)18-11-10-17(31-4)14-19(18)32-5/h6-11,14,21,27H,12-13H2,1-5H3/b22-20+. The first kappa shape index (κ1) is 23.1. The van der Waals surface area contributed by atoms with Crippen molar-refractivity contribution in [2.24, 2.45) is 0 Å². The lowest BCUT2D eigenvalue weighted by molar-refractivity contribution is -0.140. The van der Waals surface area contributed by atoms with Crippen LogP contribution in [0.2, 0.25) is 0 Å². The van der Waals surface area contributed by atoms with Crippen LogP contribution in [0.3, 0.4) is 0 Å². The molecule has 1 aliphatic rings. The van der Waals surface area contributed by atoms with Gasteiger partial charge in [-0.2, -0.15) is 0 Å². The fraction of sp³-hybridized carbons (Fsp3) is 0.333. The molecule has 1 atom stereocenters. The van der Waals surface area contributed by atoms with E-state index in [4.69, 9.17) is 14.2 Å². The molecule has 8 heteroatoms. The summed E-state index contributed by atoms with van der Waals surface area (Å²) < 4.78 is 15.8. The molecule has 2 aromatic rings. The normalized spacial score (nSPS) is 17.7. The van der Waals surface area contributed by atoms with Gasteiger partial charge in [0, 0.05) is 19.2 Å². The van der Waals surface area contributed by atoms with Crippen LogP contribution in [0.1, 0.15) is 17.2 Å². The molecule has 1 unspecified atom stereocenters. The van der Waals surface area contributed by atoms with Crippen LogP contribution < -0.4 is 14.2 Å². The van der Waals surface area contributed by atoms with E-state index < -0.39 is 17.7 Å². The van der Waals surface area contributed by atoms with Crippen LogP contribution in [0.25, 0.3) is 5.76 Å². The fourth-order valence-corrected chi connectivity index (χ4v) is 3.69. The number of hydrogen-bond acceptors (Lipinski definition) is 7. The first-order chi connectivity index (χ1) is 15.3. The molecule has 0 aromatic heterocycles. The number of rotatable bonds is 8. The monoisotopic (exact) mass is 440 g/mol. The van der Waals surface area contributed by atoms with Gasteiger partial charge in [0.25, 0.3) is 11.7 Å². The Labute approximate surface area is 187 Å². The number of likely N-dealkylation sites (tertiary alicyclic amines) is 1. The van der Waals surface area contributed by atoms with Crippen molar-refractivity contribution in [3.63, 3.8) is 0 Å². The van der Waals surface area contributed by atoms with Gasteiger partial charge in [-0.1, -0.05) is 12.1 Å².